The van der Waals surface area contributed by atoms with Gasteiger partial charge in [0.25, 0.3) is 0 Å². The van der Waals surface area contributed by atoms with Gasteiger partial charge in [-0.1, -0.05) is 37.3 Å². The van der Waals surface area contributed by atoms with Crippen molar-refractivity contribution in [2.45, 2.75) is 26.9 Å². The maximum Gasteiger partial charge on any atom is 0.193 e. The lowest BCUT2D eigenvalue weighted by Crippen LogP contribution is -2.40. The summed E-state index contributed by atoms with van der Waals surface area (Å²) in [6.45, 7) is 7.96. The minimum atomic E-state index is -2.98. The lowest BCUT2D eigenvalue weighted by atomic mass is 10.1. The fraction of sp³-hybridized carbons (Fsp3) is 0.632. The molecule has 1 saturated heterocycles. The number of hydrogen-bond acceptors (Lipinski definition) is 4. The molecule has 6 nitrogen and oxygen atoms in total. The van der Waals surface area contributed by atoms with E-state index in [1.54, 1.807) is 6.92 Å². The first-order valence-corrected chi connectivity index (χ1v) is 11.2. The Labute approximate surface area is 157 Å². The molecule has 0 aromatic heterocycles. The van der Waals surface area contributed by atoms with Crippen molar-refractivity contribution in [2.24, 2.45) is 10.9 Å². The van der Waals surface area contributed by atoms with Gasteiger partial charge in [0.1, 0.15) is 0 Å². The molecule has 1 atom stereocenters. The molecule has 0 amide bonds. The molecule has 1 N–H and O–H groups in total. The van der Waals surface area contributed by atoms with Gasteiger partial charge in [0.05, 0.1) is 25.5 Å². The molecule has 1 heterocycles. The van der Waals surface area contributed by atoms with Crippen LogP contribution in [0.3, 0.4) is 0 Å². The summed E-state index contributed by atoms with van der Waals surface area (Å²) in [5.41, 5.74) is 1.19. The standard InChI is InChI=1S/C19H31N3O3S/c1-3-20-19(21-11-13-26(23,24)4-2)22-12-10-18(14-22)16-25-15-17-8-6-5-7-9-17/h5-9,18H,3-4,10-16H2,1-2H3,(H,20,21). The van der Waals surface area contributed by atoms with Crippen LogP contribution in [0.4, 0.5) is 0 Å². The highest BCUT2D eigenvalue weighted by Crippen LogP contribution is 2.17. The predicted molar refractivity (Wildman–Crippen MR) is 106 cm³/mol. The van der Waals surface area contributed by atoms with Crippen molar-refractivity contribution in [3.05, 3.63) is 35.9 Å². The molecule has 0 aliphatic carbocycles. The molecule has 1 aliphatic rings. The normalized spacial score (nSPS) is 18.3. The molecular formula is C19H31N3O3S. The van der Waals surface area contributed by atoms with Crippen LogP contribution in [-0.2, 0) is 21.2 Å². The van der Waals surface area contributed by atoms with Crippen LogP contribution < -0.4 is 5.32 Å². The van der Waals surface area contributed by atoms with Gasteiger partial charge in [-0.3, -0.25) is 4.99 Å². The fourth-order valence-electron chi connectivity index (χ4n) is 2.94. The molecule has 0 saturated carbocycles. The van der Waals surface area contributed by atoms with Crippen molar-refractivity contribution in [1.82, 2.24) is 10.2 Å². The van der Waals surface area contributed by atoms with Gasteiger partial charge in [-0.25, -0.2) is 8.42 Å². The van der Waals surface area contributed by atoms with Crippen molar-refractivity contribution in [1.29, 1.82) is 0 Å². The van der Waals surface area contributed by atoms with Crippen molar-refractivity contribution in [2.75, 3.05) is 44.3 Å². The Hall–Kier alpha value is -1.60. The Bertz CT molecular complexity index is 662. The molecule has 1 fully saturated rings. The van der Waals surface area contributed by atoms with E-state index in [1.807, 2.05) is 25.1 Å². The van der Waals surface area contributed by atoms with Crippen LogP contribution in [0, 0.1) is 5.92 Å². The first kappa shape index (κ1) is 20.7. The van der Waals surface area contributed by atoms with E-state index in [4.69, 9.17) is 4.74 Å². The molecule has 2 rings (SSSR count). The first-order valence-electron chi connectivity index (χ1n) is 9.39. The Kier molecular flexibility index (Phi) is 8.38. The smallest absolute Gasteiger partial charge is 0.193 e. The van der Waals surface area contributed by atoms with Gasteiger partial charge in [0.2, 0.25) is 0 Å². The van der Waals surface area contributed by atoms with Gasteiger partial charge >= 0.3 is 0 Å². The number of benzene rings is 1. The van der Waals surface area contributed by atoms with Crippen LogP contribution in [0.15, 0.2) is 35.3 Å². The zero-order chi connectivity index (χ0) is 18.8. The van der Waals surface area contributed by atoms with E-state index in [0.717, 1.165) is 38.6 Å². The van der Waals surface area contributed by atoms with Gasteiger partial charge < -0.3 is 15.0 Å². The summed E-state index contributed by atoms with van der Waals surface area (Å²) in [4.78, 5) is 6.71. The maximum atomic E-state index is 11.6. The lowest BCUT2D eigenvalue weighted by Gasteiger charge is -2.21. The van der Waals surface area contributed by atoms with Crippen LogP contribution in [0.1, 0.15) is 25.8 Å². The zero-order valence-electron chi connectivity index (χ0n) is 15.9. The summed E-state index contributed by atoms with van der Waals surface area (Å²) in [6.07, 6.45) is 1.06. The van der Waals surface area contributed by atoms with Gasteiger partial charge in [-0.05, 0) is 18.9 Å². The Morgan fingerprint density at radius 1 is 1.31 bits per heavy atom. The second-order valence-corrected chi connectivity index (χ2v) is 9.05. The van der Waals surface area contributed by atoms with E-state index in [9.17, 15) is 8.42 Å². The topological polar surface area (TPSA) is 71.0 Å². The van der Waals surface area contributed by atoms with E-state index in [2.05, 4.69) is 27.3 Å². The Morgan fingerprint density at radius 2 is 2.08 bits per heavy atom. The monoisotopic (exact) mass is 381 g/mol. The number of nitrogens with one attached hydrogen (secondary N) is 1. The second-order valence-electron chi connectivity index (χ2n) is 6.57. The highest BCUT2D eigenvalue weighted by atomic mass is 32.2. The highest BCUT2D eigenvalue weighted by Gasteiger charge is 2.25. The highest BCUT2D eigenvalue weighted by molar-refractivity contribution is 7.91. The number of aliphatic imine (C=N–C) groups is 1. The summed E-state index contributed by atoms with van der Waals surface area (Å²) in [5, 5.41) is 3.27. The summed E-state index contributed by atoms with van der Waals surface area (Å²) >= 11 is 0. The van der Waals surface area contributed by atoms with E-state index in [1.165, 1.54) is 5.56 Å². The predicted octanol–water partition coefficient (Wildman–Crippen LogP) is 1.93. The first-order chi connectivity index (χ1) is 12.5. The molecule has 1 aliphatic heterocycles. The van der Waals surface area contributed by atoms with Crippen molar-refractivity contribution in [3.63, 3.8) is 0 Å². The molecule has 1 aromatic carbocycles. The number of likely N-dealkylation sites (tertiary alicyclic amines) is 1. The summed E-state index contributed by atoms with van der Waals surface area (Å²) in [6, 6.07) is 10.2. The van der Waals surface area contributed by atoms with E-state index < -0.39 is 9.84 Å². The average molecular weight is 382 g/mol. The van der Waals surface area contributed by atoms with Crippen LogP contribution >= 0.6 is 0 Å². The lowest BCUT2D eigenvalue weighted by molar-refractivity contribution is 0.0907. The molecule has 0 bridgehead atoms. The van der Waals surface area contributed by atoms with Crippen molar-refractivity contribution < 1.29 is 13.2 Å². The maximum absolute atomic E-state index is 11.6. The summed E-state index contributed by atoms with van der Waals surface area (Å²) in [5.74, 6) is 1.56. The number of sulfone groups is 1. The van der Waals surface area contributed by atoms with Gasteiger partial charge in [0.15, 0.2) is 15.8 Å². The molecule has 1 aromatic rings. The van der Waals surface area contributed by atoms with Crippen molar-refractivity contribution >= 4 is 15.8 Å². The van der Waals surface area contributed by atoms with Gasteiger partial charge in [0, 0.05) is 31.3 Å². The van der Waals surface area contributed by atoms with Gasteiger partial charge in [-0.15, -0.1) is 0 Å². The molecule has 7 heteroatoms. The second kappa shape index (κ2) is 10.5. The number of nitrogens with zero attached hydrogens (tertiary/aromatic N) is 2. The quantitative estimate of drug-likeness (QED) is 0.523. The van der Waals surface area contributed by atoms with E-state index in [-0.39, 0.29) is 11.5 Å². The van der Waals surface area contributed by atoms with Crippen LogP contribution in [0.2, 0.25) is 0 Å². The average Bonchev–Trinajstić information content (AvgIpc) is 3.10. The molecular weight excluding hydrogens is 350 g/mol. The third kappa shape index (κ3) is 6.96. The number of hydrogen-bond donors (Lipinski definition) is 1. The summed E-state index contributed by atoms with van der Waals surface area (Å²) < 4.78 is 29.1. The third-order valence-corrected chi connectivity index (χ3v) is 6.17. The van der Waals surface area contributed by atoms with Crippen LogP contribution in [0.25, 0.3) is 0 Å². The van der Waals surface area contributed by atoms with Gasteiger partial charge in [-0.2, -0.15) is 0 Å². The third-order valence-electron chi connectivity index (χ3n) is 4.49. The molecule has 26 heavy (non-hydrogen) atoms. The Morgan fingerprint density at radius 3 is 2.77 bits per heavy atom. The minimum absolute atomic E-state index is 0.107. The largest absolute Gasteiger partial charge is 0.376 e. The zero-order valence-corrected chi connectivity index (χ0v) is 16.7. The SMILES string of the molecule is CCNC(=NCCS(=O)(=O)CC)N1CCC(COCc2ccccc2)C1. The number of guanidine groups is 1. The Balaban J connectivity index is 1.79. The molecule has 0 radical (unpaired) electrons. The molecule has 0 spiro atoms. The number of rotatable bonds is 9. The van der Waals surface area contributed by atoms with E-state index >= 15 is 0 Å². The fourth-order valence-corrected chi connectivity index (χ4v) is 3.60. The molecule has 1 unspecified atom stereocenters. The molecule has 146 valence electrons. The van der Waals surface area contributed by atoms with Crippen LogP contribution in [-0.4, -0.2) is 63.6 Å². The van der Waals surface area contributed by atoms with Crippen molar-refractivity contribution in [3.8, 4) is 0 Å². The van der Waals surface area contributed by atoms with Crippen LogP contribution in [0.5, 0.6) is 0 Å². The summed E-state index contributed by atoms with van der Waals surface area (Å²) in [7, 11) is -2.98. The minimum Gasteiger partial charge on any atom is -0.376 e. The number of ether oxygens (including phenoxy) is 1. The van der Waals surface area contributed by atoms with E-state index in [0.29, 0.717) is 19.1 Å².